The van der Waals surface area contributed by atoms with Crippen LogP contribution in [-0.4, -0.2) is 12.5 Å². The maximum absolute atomic E-state index is 10.7. The summed E-state index contributed by atoms with van der Waals surface area (Å²) in [4.78, 5) is 15.7. The van der Waals surface area contributed by atoms with E-state index < -0.39 is 0 Å². The Morgan fingerprint density at radius 1 is 1.12 bits per heavy atom. The van der Waals surface area contributed by atoms with Crippen LogP contribution in [0.4, 0.5) is 0 Å². The monoisotopic (exact) mass is 227 g/mol. The number of hydrogen-bond donors (Lipinski definition) is 1. The van der Waals surface area contributed by atoms with Crippen LogP contribution in [0.5, 0.6) is 0 Å². The van der Waals surface area contributed by atoms with Gasteiger partial charge in [0, 0.05) is 0 Å². The molecule has 1 N–H and O–H groups in total. The lowest BCUT2D eigenvalue weighted by atomic mass is 10.1. The fourth-order valence-corrected chi connectivity index (χ4v) is 1.47. The molecule has 0 unspecified atom stereocenters. The van der Waals surface area contributed by atoms with Crippen molar-refractivity contribution in [3.63, 3.8) is 0 Å². The van der Waals surface area contributed by atoms with Gasteiger partial charge in [-0.05, 0) is 12.5 Å². The molecule has 0 saturated heterocycles. The van der Waals surface area contributed by atoms with Crippen LogP contribution in [-0.2, 0) is 9.63 Å². The smallest absolute Gasteiger partial charge is 0.266 e. The highest BCUT2D eigenvalue weighted by atomic mass is 16.6. The Balaban J connectivity index is 2.98. The number of rotatable bonds is 11. The molecule has 0 fully saturated rings. The second-order valence-corrected chi connectivity index (χ2v) is 3.99. The highest BCUT2D eigenvalue weighted by Crippen LogP contribution is 2.07. The number of hydroxylamine groups is 1. The zero-order valence-corrected chi connectivity index (χ0v) is 10.5. The lowest BCUT2D eigenvalue weighted by molar-refractivity contribution is -0.128. The van der Waals surface area contributed by atoms with Gasteiger partial charge in [0.15, 0.2) is 0 Å². The van der Waals surface area contributed by atoms with Gasteiger partial charge < -0.3 is 0 Å². The van der Waals surface area contributed by atoms with E-state index in [0.717, 1.165) is 6.42 Å². The molecular weight excluding hydrogens is 202 g/mol. The molecule has 0 heterocycles. The fourth-order valence-electron chi connectivity index (χ4n) is 1.47. The van der Waals surface area contributed by atoms with E-state index in [2.05, 4.69) is 19.0 Å². The van der Waals surface area contributed by atoms with Crippen LogP contribution in [0.3, 0.4) is 0 Å². The quantitative estimate of drug-likeness (QED) is 0.334. The number of amides is 1. The molecule has 0 aromatic carbocycles. The first-order chi connectivity index (χ1) is 7.81. The highest BCUT2D eigenvalue weighted by Gasteiger charge is 1.94. The maximum atomic E-state index is 10.7. The molecule has 0 aromatic heterocycles. The molecule has 0 rings (SSSR count). The van der Waals surface area contributed by atoms with Crippen LogP contribution >= 0.6 is 0 Å². The lowest BCUT2D eigenvalue weighted by Gasteiger charge is -2.03. The predicted octanol–water partition coefficient (Wildman–Crippen LogP) is 3.36. The molecule has 16 heavy (non-hydrogen) atoms. The molecule has 0 radical (unpaired) electrons. The van der Waals surface area contributed by atoms with Crippen LogP contribution < -0.4 is 5.48 Å². The first-order valence-electron chi connectivity index (χ1n) is 6.35. The van der Waals surface area contributed by atoms with Gasteiger partial charge >= 0.3 is 0 Å². The number of carbonyl (C=O) groups excluding carboxylic acids is 1. The fraction of sp³-hybridized carbons (Fsp3) is 0.769. The van der Waals surface area contributed by atoms with Gasteiger partial charge in [0.05, 0.1) is 6.61 Å². The first-order valence-corrected chi connectivity index (χ1v) is 6.35. The second-order valence-electron chi connectivity index (χ2n) is 3.99. The Bertz CT molecular complexity index is 181. The van der Waals surface area contributed by atoms with Crippen molar-refractivity contribution in [2.75, 3.05) is 6.61 Å². The van der Waals surface area contributed by atoms with E-state index in [9.17, 15) is 4.79 Å². The van der Waals surface area contributed by atoms with E-state index in [1.165, 1.54) is 51.0 Å². The summed E-state index contributed by atoms with van der Waals surface area (Å²) >= 11 is 0. The number of unbranched alkanes of at least 4 members (excludes halogenated alkanes) is 7. The van der Waals surface area contributed by atoms with Crippen molar-refractivity contribution >= 4 is 5.91 Å². The summed E-state index contributed by atoms with van der Waals surface area (Å²) in [7, 11) is 0. The first kappa shape index (κ1) is 15.2. The van der Waals surface area contributed by atoms with Crippen molar-refractivity contribution in [2.24, 2.45) is 0 Å². The highest BCUT2D eigenvalue weighted by molar-refractivity contribution is 5.85. The summed E-state index contributed by atoms with van der Waals surface area (Å²) in [6.07, 6.45) is 11.3. The average Bonchev–Trinajstić information content (AvgIpc) is 2.31. The summed E-state index contributed by atoms with van der Waals surface area (Å²) in [5, 5.41) is 0. The largest absolute Gasteiger partial charge is 0.273 e. The Kier molecular flexibility index (Phi) is 11.6. The predicted molar refractivity (Wildman–Crippen MR) is 66.9 cm³/mol. The Hall–Kier alpha value is -0.830. The number of carbonyl (C=O) groups is 1. The molecule has 0 bridgehead atoms. The van der Waals surface area contributed by atoms with E-state index in [1.54, 1.807) is 0 Å². The van der Waals surface area contributed by atoms with E-state index in [1.807, 2.05) is 0 Å². The third kappa shape index (κ3) is 11.2. The van der Waals surface area contributed by atoms with Crippen LogP contribution in [0.25, 0.3) is 0 Å². The summed E-state index contributed by atoms with van der Waals surface area (Å²) < 4.78 is 0. The molecular formula is C13H25NO2. The molecule has 0 aliphatic rings. The minimum atomic E-state index is -0.278. The van der Waals surface area contributed by atoms with Gasteiger partial charge in [-0.1, -0.05) is 58.4 Å². The summed E-state index contributed by atoms with van der Waals surface area (Å²) in [5.74, 6) is -0.278. The standard InChI is InChI=1S/C13H25NO2/c1-3-5-6-7-8-9-10-11-12-16-14-13(15)4-2/h4H,2-3,5-12H2,1H3,(H,14,15). The molecule has 0 aliphatic heterocycles. The topological polar surface area (TPSA) is 38.3 Å². The molecule has 94 valence electrons. The lowest BCUT2D eigenvalue weighted by Crippen LogP contribution is -2.21. The van der Waals surface area contributed by atoms with E-state index in [4.69, 9.17) is 4.84 Å². The van der Waals surface area contributed by atoms with Crippen molar-refractivity contribution in [1.29, 1.82) is 0 Å². The van der Waals surface area contributed by atoms with Crippen molar-refractivity contribution in [3.05, 3.63) is 12.7 Å². The van der Waals surface area contributed by atoms with Gasteiger partial charge in [-0.2, -0.15) is 0 Å². The molecule has 0 aromatic rings. The third-order valence-electron chi connectivity index (χ3n) is 2.46. The van der Waals surface area contributed by atoms with Gasteiger partial charge in [0.2, 0.25) is 0 Å². The van der Waals surface area contributed by atoms with Crippen LogP contribution in [0.1, 0.15) is 58.3 Å². The second kappa shape index (κ2) is 12.2. The normalized spacial score (nSPS) is 10.1. The van der Waals surface area contributed by atoms with Gasteiger partial charge in [-0.3, -0.25) is 9.63 Å². The van der Waals surface area contributed by atoms with Crippen molar-refractivity contribution < 1.29 is 9.63 Å². The maximum Gasteiger partial charge on any atom is 0.266 e. The number of nitrogens with one attached hydrogen (secondary N) is 1. The summed E-state index contributed by atoms with van der Waals surface area (Å²) in [6.45, 7) is 6.16. The van der Waals surface area contributed by atoms with Gasteiger partial charge in [0.25, 0.3) is 5.91 Å². The van der Waals surface area contributed by atoms with Crippen molar-refractivity contribution in [1.82, 2.24) is 5.48 Å². The summed E-state index contributed by atoms with van der Waals surface area (Å²) in [6, 6.07) is 0. The van der Waals surface area contributed by atoms with E-state index >= 15 is 0 Å². The molecule has 3 nitrogen and oxygen atoms in total. The zero-order valence-electron chi connectivity index (χ0n) is 10.5. The molecule has 0 saturated carbocycles. The van der Waals surface area contributed by atoms with Crippen LogP contribution in [0.2, 0.25) is 0 Å². The summed E-state index contributed by atoms with van der Waals surface area (Å²) in [5.41, 5.74) is 2.29. The van der Waals surface area contributed by atoms with Crippen LogP contribution in [0.15, 0.2) is 12.7 Å². The Morgan fingerprint density at radius 3 is 2.25 bits per heavy atom. The van der Waals surface area contributed by atoms with Crippen LogP contribution in [0, 0.1) is 0 Å². The molecule has 0 atom stereocenters. The third-order valence-corrected chi connectivity index (χ3v) is 2.46. The minimum Gasteiger partial charge on any atom is -0.273 e. The van der Waals surface area contributed by atoms with Gasteiger partial charge in [-0.15, -0.1) is 0 Å². The van der Waals surface area contributed by atoms with Crippen molar-refractivity contribution in [3.8, 4) is 0 Å². The molecule has 3 heteroatoms. The Morgan fingerprint density at radius 2 is 1.69 bits per heavy atom. The minimum absolute atomic E-state index is 0.278. The van der Waals surface area contributed by atoms with Crippen molar-refractivity contribution in [2.45, 2.75) is 58.3 Å². The SMILES string of the molecule is C=CC(=O)NOCCCCCCCCCC. The average molecular weight is 227 g/mol. The van der Waals surface area contributed by atoms with E-state index in [-0.39, 0.29) is 5.91 Å². The molecule has 0 spiro atoms. The van der Waals surface area contributed by atoms with Gasteiger partial charge in [0.1, 0.15) is 0 Å². The zero-order chi connectivity index (χ0) is 12.1. The van der Waals surface area contributed by atoms with Gasteiger partial charge in [-0.25, -0.2) is 5.48 Å². The Labute approximate surface area is 99.2 Å². The molecule has 1 amide bonds. The number of hydrogen-bond acceptors (Lipinski definition) is 2. The van der Waals surface area contributed by atoms with E-state index in [0.29, 0.717) is 6.61 Å². The molecule has 0 aliphatic carbocycles.